The van der Waals surface area contributed by atoms with Crippen LogP contribution in [0.4, 0.5) is 18.3 Å². The van der Waals surface area contributed by atoms with Crippen molar-refractivity contribution in [2.24, 2.45) is 0 Å². The van der Waals surface area contributed by atoms with E-state index in [1.165, 1.54) is 41.3 Å². The van der Waals surface area contributed by atoms with E-state index in [1.54, 1.807) is 34.8 Å². The quantitative estimate of drug-likeness (QED) is 0.213. The van der Waals surface area contributed by atoms with Gasteiger partial charge in [0.1, 0.15) is 6.29 Å². The van der Waals surface area contributed by atoms with Crippen molar-refractivity contribution in [2.75, 3.05) is 12.4 Å². The number of nitrogens with zero attached hydrogens (tertiary/aromatic N) is 2. The monoisotopic (exact) mass is 624 g/mol. The van der Waals surface area contributed by atoms with Crippen LogP contribution in [0.2, 0.25) is 0 Å². The second-order valence-electron chi connectivity index (χ2n) is 8.01. The third kappa shape index (κ3) is 7.95. The molecule has 2 aromatic carbocycles. The molecule has 2 heterocycles. The van der Waals surface area contributed by atoms with E-state index in [9.17, 15) is 22.8 Å². The fourth-order valence-electron chi connectivity index (χ4n) is 3.47. The normalized spacial score (nSPS) is 11.8. The number of hydrogen-bond acceptors (Lipinski definition) is 7. The molecule has 6 nitrogen and oxygen atoms in total. The van der Waals surface area contributed by atoms with E-state index in [2.05, 4.69) is 36.6 Å². The second kappa shape index (κ2) is 13.1. The topological polar surface area (TPSA) is 84.0 Å². The first kappa shape index (κ1) is 29.5. The Morgan fingerprint density at radius 2 is 1.84 bits per heavy atom. The maximum atomic E-state index is 13.3. The van der Waals surface area contributed by atoms with Crippen LogP contribution in [0.25, 0.3) is 10.6 Å². The van der Waals surface area contributed by atoms with Crippen LogP contribution in [0, 0.1) is 13.8 Å². The number of carbonyl (C=O) groups excluding carboxylic acids is 2. The van der Waals surface area contributed by atoms with Gasteiger partial charge in [-0.3, -0.25) is 4.79 Å². The number of benzene rings is 2. The van der Waals surface area contributed by atoms with Crippen LogP contribution in [0.5, 0.6) is 0 Å². The van der Waals surface area contributed by atoms with Gasteiger partial charge in [-0.25, -0.2) is 9.97 Å². The summed E-state index contributed by atoms with van der Waals surface area (Å²) in [5, 5.41) is 9.15. The molecule has 12 heteroatoms. The number of amides is 1. The zero-order chi connectivity index (χ0) is 27.9. The molecule has 2 N–H and O–H groups in total. The zero-order valence-corrected chi connectivity index (χ0v) is 23.8. The summed E-state index contributed by atoms with van der Waals surface area (Å²) >= 11 is 6.50. The summed E-state index contributed by atoms with van der Waals surface area (Å²) in [7, 11) is 1.88. The maximum Gasteiger partial charge on any atom is 0.412 e. The fraction of sp³-hybridized carbons (Fsp3) is 0.231. The molecule has 1 amide bonds. The van der Waals surface area contributed by atoms with E-state index in [0.29, 0.717) is 16.3 Å². The van der Waals surface area contributed by atoms with Crippen molar-refractivity contribution in [3.05, 3.63) is 85.8 Å². The number of aromatic nitrogens is 2. The third-order valence-electron chi connectivity index (χ3n) is 5.13. The van der Waals surface area contributed by atoms with Gasteiger partial charge >= 0.3 is 6.18 Å². The highest BCUT2D eigenvalue weighted by Crippen LogP contribution is 2.33. The molecule has 0 unspecified atom stereocenters. The highest BCUT2D eigenvalue weighted by Gasteiger charge is 2.42. The molecule has 0 spiro atoms. The minimum absolute atomic E-state index is 0.0476. The Bertz CT molecular complexity index is 1390. The van der Waals surface area contributed by atoms with Crippen molar-refractivity contribution in [1.82, 2.24) is 15.3 Å². The van der Waals surface area contributed by atoms with Gasteiger partial charge in [-0.15, -0.1) is 22.7 Å². The predicted molar refractivity (Wildman–Crippen MR) is 149 cm³/mol. The lowest BCUT2D eigenvalue weighted by Crippen LogP contribution is -2.38. The molecule has 200 valence electrons. The van der Waals surface area contributed by atoms with Crippen molar-refractivity contribution in [3.63, 3.8) is 0 Å². The molecule has 0 aliphatic rings. The van der Waals surface area contributed by atoms with E-state index in [1.807, 2.05) is 26.2 Å². The number of alkyl halides is 3. The number of halogens is 4. The fourth-order valence-corrected chi connectivity index (χ4v) is 5.63. The number of aryl methyl sites for hydroxylation is 2. The molecular formula is C26H24BrF3N4O2S2. The number of rotatable bonds is 7. The lowest BCUT2D eigenvalue weighted by Gasteiger charge is -2.22. The third-order valence-corrected chi connectivity index (χ3v) is 7.54. The first-order valence-electron chi connectivity index (χ1n) is 11.2. The minimum Gasteiger partial charge on any atom is -0.365 e. The lowest BCUT2D eigenvalue weighted by molar-refractivity contribution is -0.155. The van der Waals surface area contributed by atoms with Crippen LogP contribution >= 0.6 is 38.6 Å². The number of thiazole rings is 2. The molecule has 0 saturated heterocycles. The van der Waals surface area contributed by atoms with Crippen molar-refractivity contribution in [1.29, 1.82) is 0 Å². The van der Waals surface area contributed by atoms with Gasteiger partial charge in [0.05, 0.1) is 21.3 Å². The van der Waals surface area contributed by atoms with Gasteiger partial charge in [0.25, 0.3) is 5.91 Å². The largest absolute Gasteiger partial charge is 0.412 e. The Morgan fingerprint density at radius 3 is 2.39 bits per heavy atom. The molecule has 4 aromatic rings. The van der Waals surface area contributed by atoms with E-state index in [0.717, 1.165) is 21.5 Å². The molecule has 0 aliphatic heterocycles. The number of nitrogens with one attached hydrogen (secondary N) is 2. The van der Waals surface area contributed by atoms with Crippen molar-refractivity contribution in [3.8, 4) is 10.6 Å². The van der Waals surface area contributed by atoms with Gasteiger partial charge in [-0.05, 0) is 43.2 Å². The van der Waals surface area contributed by atoms with Gasteiger partial charge < -0.3 is 15.4 Å². The summed E-state index contributed by atoms with van der Waals surface area (Å²) in [6.45, 7) is 4.05. The van der Waals surface area contributed by atoms with Gasteiger partial charge in [0, 0.05) is 28.9 Å². The zero-order valence-electron chi connectivity index (χ0n) is 20.6. The first-order valence-corrected chi connectivity index (χ1v) is 13.7. The maximum absolute atomic E-state index is 13.3. The first-order chi connectivity index (χ1) is 18.0. The standard InChI is InChI=1S/C17H13BrF3NO2.C9H11N3S2/c18-14-9-11(6-7-23)8-13(10-14)16(24)22-15(17(19,20)21)12-4-2-1-3-5-12;1-5-8(14-6(2)11-5)7-4-13-9(10-3)12-7/h1-5,7-10,15H,6H2,(H,22,24);4H,1-3H3,(H,10,12)/t15-;/m1./s1. The summed E-state index contributed by atoms with van der Waals surface area (Å²) in [6, 6.07) is 9.47. The Labute approximate surface area is 234 Å². The molecule has 0 fully saturated rings. The molecule has 38 heavy (non-hydrogen) atoms. The Hall–Kier alpha value is -3.09. The summed E-state index contributed by atoms with van der Waals surface area (Å²) in [4.78, 5) is 32.9. The Balaban J connectivity index is 0.000000241. The van der Waals surface area contributed by atoms with Crippen LogP contribution in [0.3, 0.4) is 0 Å². The molecule has 0 bridgehead atoms. The highest BCUT2D eigenvalue weighted by molar-refractivity contribution is 9.10. The van der Waals surface area contributed by atoms with Crippen molar-refractivity contribution >= 4 is 55.9 Å². The van der Waals surface area contributed by atoms with Crippen LogP contribution in [-0.2, 0) is 11.2 Å². The number of hydrogen-bond donors (Lipinski definition) is 2. The summed E-state index contributed by atoms with van der Waals surface area (Å²) in [6.07, 6.45) is -3.90. The number of anilines is 1. The number of aldehydes is 1. The molecular weight excluding hydrogens is 601 g/mol. The molecule has 2 aromatic heterocycles. The smallest absolute Gasteiger partial charge is 0.365 e. The van der Waals surface area contributed by atoms with E-state index < -0.39 is 18.1 Å². The minimum atomic E-state index is -4.63. The van der Waals surface area contributed by atoms with Gasteiger partial charge in [-0.1, -0.05) is 46.3 Å². The van der Waals surface area contributed by atoms with Crippen molar-refractivity contribution in [2.45, 2.75) is 32.5 Å². The number of carbonyl (C=O) groups is 2. The van der Waals surface area contributed by atoms with Crippen LogP contribution in [0.15, 0.2) is 58.4 Å². The SMILES string of the molecule is CNc1nc(-c2sc(C)nc2C)cs1.O=CCc1cc(Br)cc(C(=O)N[C@H](c2ccccc2)C(F)(F)F)c1. The summed E-state index contributed by atoms with van der Waals surface area (Å²) < 4.78 is 40.4. The second-order valence-corrected chi connectivity index (χ2v) is 11.0. The molecule has 0 saturated carbocycles. The predicted octanol–water partition coefficient (Wildman–Crippen LogP) is 7.15. The highest BCUT2D eigenvalue weighted by atomic mass is 79.9. The molecule has 1 atom stereocenters. The summed E-state index contributed by atoms with van der Waals surface area (Å²) in [5.41, 5.74) is 2.63. The van der Waals surface area contributed by atoms with E-state index in [-0.39, 0.29) is 17.5 Å². The Kier molecular flexibility index (Phi) is 10.2. The van der Waals surface area contributed by atoms with Crippen LogP contribution in [-0.4, -0.2) is 35.4 Å². The van der Waals surface area contributed by atoms with E-state index in [4.69, 9.17) is 0 Å². The van der Waals surface area contributed by atoms with Gasteiger partial charge in [-0.2, -0.15) is 13.2 Å². The van der Waals surface area contributed by atoms with Crippen molar-refractivity contribution < 1.29 is 22.8 Å². The average Bonchev–Trinajstić information content (AvgIpc) is 3.47. The van der Waals surface area contributed by atoms with Crippen LogP contribution < -0.4 is 10.6 Å². The van der Waals surface area contributed by atoms with Gasteiger partial charge in [0.2, 0.25) is 0 Å². The summed E-state index contributed by atoms with van der Waals surface area (Å²) in [5.74, 6) is -0.866. The lowest BCUT2D eigenvalue weighted by atomic mass is 10.0. The molecule has 4 rings (SSSR count). The van der Waals surface area contributed by atoms with Crippen LogP contribution in [0.1, 0.15) is 38.2 Å². The Morgan fingerprint density at radius 1 is 1.13 bits per heavy atom. The molecule has 0 aliphatic carbocycles. The average molecular weight is 626 g/mol. The van der Waals surface area contributed by atoms with Gasteiger partial charge in [0.15, 0.2) is 11.2 Å². The van der Waals surface area contributed by atoms with E-state index >= 15 is 0 Å². The molecule has 0 radical (unpaired) electrons.